The number of carbonyl (C=O) groups excluding carboxylic acids is 2. The molecule has 0 aliphatic heterocycles. The Balaban J connectivity index is 1.47. The van der Waals surface area contributed by atoms with Crippen LogP contribution >= 0.6 is 0 Å². The van der Waals surface area contributed by atoms with Gasteiger partial charge in [-0.1, -0.05) is 68.7 Å². The average Bonchev–Trinajstić information content (AvgIpc) is 2.85. The molecule has 2 aromatic carbocycles. The summed E-state index contributed by atoms with van der Waals surface area (Å²) in [5, 5.41) is 5.06. The first-order valence-corrected chi connectivity index (χ1v) is 11.4. The molecule has 1 aromatic heterocycles. The van der Waals surface area contributed by atoms with Gasteiger partial charge in [-0.05, 0) is 36.8 Å². The molecule has 166 valence electrons. The number of fused-ring (bicyclic) bond motifs is 1. The van der Waals surface area contributed by atoms with E-state index >= 15 is 0 Å². The van der Waals surface area contributed by atoms with Crippen LogP contribution in [0, 0.1) is 0 Å². The van der Waals surface area contributed by atoms with E-state index < -0.39 is 5.97 Å². The van der Waals surface area contributed by atoms with Crippen LogP contribution in [0.25, 0.3) is 10.8 Å². The Kier molecular flexibility index (Phi) is 6.78. The van der Waals surface area contributed by atoms with Crippen LogP contribution < -0.4 is 5.56 Å². The van der Waals surface area contributed by atoms with E-state index in [1.54, 1.807) is 24.3 Å². The van der Waals surface area contributed by atoms with Gasteiger partial charge < -0.3 is 4.74 Å². The van der Waals surface area contributed by atoms with Crippen LogP contribution in [-0.2, 0) is 11.3 Å². The Morgan fingerprint density at radius 2 is 1.69 bits per heavy atom. The minimum atomic E-state index is -0.710. The lowest BCUT2D eigenvalue weighted by atomic mass is 9.84. The summed E-state index contributed by atoms with van der Waals surface area (Å²) < 4.78 is 6.59. The number of carbonyl (C=O) groups is 2. The third-order valence-corrected chi connectivity index (χ3v) is 6.14. The molecule has 0 spiro atoms. The van der Waals surface area contributed by atoms with Crippen molar-refractivity contribution in [2.45, 2.75) is 57.9 Å². The second-order valence-corrected chi connectivity index (χ2v) is 8.38. The topological polar surface area (TPSA) is 78.3 Å². The largest absolute Gasteiger partial charge is 0.452 e. The molecule has 0 amide bonds. The number of benzene rings is 2. The van der Waals surface area contributed by atoms with Crippen molar-refractivity contribution < 1.29 is 14.3 Å². The van der Waals surface area contributed by atoms with Gasteiger partial charge in [-0.3, -0.25) is 9.59 Å². The summed E-state index contributed by atoms with van der Waals surface area (Å²) in [4.78, 5) is 38.0. The van der Waals surface area contributed by atoms with E-state index in [4.69, 9.17) is 4.74 Å². The quantitative estimate of drug-likeness (QED) is 0.392. The van der Waals surface area contributed by atoms with Crippen molar-refractivity contribution >= 4 is 22.5 Å². The third-order valence-electron chi connectivity index (χ3n) is 6.14. The van der Waals surface area contributed by atoms with Crippen molar-refractivity contribution in [3.8, 4) is 0 Å². The second-order valence-electron chi connectivity index (χ2n) is 8.38. The van der Waals surface area contributed by atoms with Crippen LogP contribution in [0.5, 0.6) is 0 Å². The molecule has 6 heteroatoms. The Bertz CT molecular complexity index is 1170. The summed E-state index contributed by atoms with van der Waals surface area (Å²) in [5.41, 5.74) is 1.60. The number of esters is 1. The highest BCUT2D eigenvalue weighted by atomic mass is 16.5. The van der Waals surface area contributed by atoms with E-state index in [-0.39, 0.29) is 23.6 Å². The minimum Gasteiger partial charge on any atom is -0.452 e. The first kappa shape index (κ1) is 21.9. The lowest BCUT2D eigenvalue weighted by molar-refractivity contribution is 0.0468. The molecular formula is C26H28N2O4. The third kappa shape index (κ3) is 4.64. The number of aryl methyl sites for hydroxylation is 1. The van der Waals surface area contributed by atoms with E-state index in [2.05, 4.69) is 5.10 Å². The molecule has 0 unspecified atom stereocenters. The van der Waals surface area contributed by atoms with Crippen molar-refractivity contribution in [1.82, 2.24) is 9.78 Å². The maximum Gasteiger partial charge on any atom is 0.359 e. The lowest BCUT2D eigenvalue weighted by Gasteiger charge is -2.22. The number of hydrogen-bond donors (Lipinski definition) is 0. The van der Waals surface area contributed by atoms with E-state index in [1.807, 2.05) is 31.2 Å². The Morgan fingerprint density at radius 1 is 1.00 bits per heavy atom. The number of nitrogens with zero attached hydrogens (tertiary/aromatic N) is 2. The molecule has 0 N–H and O–H groups in total. The van der Waals surface area contributed by atoms with Gasteiger partial charge in [-0.15, -0.1) is 0 Å². The van der Waals surface area contributed by atoms with Gasteiger partial charge in [-0.2, -0.15) is 5.10 Å². The smallest absolute Gasteiger partial charge is 0.359 e. The van der Waals surface area contributed by atoms with Crippen LogP contribution in [-0.4, -0.2) is 28.1 Å². The minimum absolute atomic E-state index is 0.0501. The van der Waals surface area contributed by atoms with Gasteiger partial charge in [0.1, 0.15) is 0 Å². The van der Waals surface area contributed by atoms with Crippen molar-refractivity contribution in [2.24, 2.45) is 0 Å². The van der Waals surface area contributed by atoms with Crippen molar-refractivity contribution in [1.29, 1.82) is 0 Å². The average molecular weight is 433 g/mol. The molecule has 1 heterocycles. The van der Waals surface area contributed by atoms with Gasteiger partial charge >= 0.3 is 5.97 Å². The second kappa shape index (κ2) is 9.90. The van der Waals surface area contributed by atoms with Gasteiger partial charge in [-0.25, -0.2) is 9.48 Å². The van der Waals surface area contributed by atoms with Crippen LogP contribution in [0.2, 0.25) is 0 Å². The van der Waals surface area contributed by atoms with Crippen LogP contribution in [0.3, 0.4) is 0 Å². The zero-order chi connectivity index (χ0) is 22.5. The molecular weight excluding hydrogens is 404 g/mol. The fraction of sp³-hybridized carbons (Fsp3) is 0.385. The molecule has 4 rings (SSSR count). The Hall–Kier alpha value is -3.28. The normalized spacial score (nSPS) is 14.4. The van der Waals surface area contributed by atoms with Gasteiger partial charge in [0.15, 0.2) is 18.1 Å². The number of Topliss-reactive ketones (excluding diaryl/α,β-unsaturated/α-hetero) is 1. The van der Waals surface area contributed by atoms with E-state index in [1.165, 1.54) is 42.3 Å². The Morgan fingerprint density at radius 3 is 2.38 bits per heavy atom. The highest BCUT2D eigenvalue weighted by Gasteiger charge is 2.20. The molecule has 0 atom stereocenters. The van der Waals surface area contributed by atoms with Gasteiger partial charge in [0.25, 0.3) is 5.56 Å². The summed E-state index contributed by atoms with van der Waals surface area (Å²) in [7, 11) is 0. The summed E-state index contributed by atoms with van der Waals surface area (Å²) in [6.45, 7) is 1.96. The highest BCUT2D eigenvalue weighted by Crippen LogP contribution is 2.32. The fourth-order valence-electron chi connectivity index (χ4n) is 4.41. The van der Waals surface area contributed by atoms with E-state index in [0.29, 0.717) is 35.2 Å². The van der Waals surface area contributed by atoms with Crippen LogP contribution in [0.4, 0.5) is 0 Å². The number of hydrogen-bond acceptors (Lipinski definition) is 5. The molecule has 0 saturated heterocycles. The van der Waals surface area contributed by atoms with Gasteiger partial charge in [0.05, 0.1) is 5.39 Å². The number of ether oxygens (including phenoxy) is 1. The van der Waals surface area contributed by atoms with Gasteiger partial charge in [0, 0.05) is 17.5 Å². The molecule has 32 heavy (non-hydrogen) atoms. The molecule has 1 saturated carbocycles. The highest BCUT2D eigenvalue weighted by molar-refractivity contribution is 6.04. The summed E-state index contributed by atoms with van der Waals surface area (Å²) in [6, 6.07) is 14.5. The zero-order valence-electron chi connectivity index (χ0n) is 18.4. The van der Waals surface area contributed by atoms with E-state index in [0.717, 1.165) is 0 Å². The molecule has 1 aliphatic carbocycles. The SMILES string of the molecule is CCCn1nc(C(=O)OCC(=O)c2ccc(C3CCCCC3)cc2)c2ccccc2c1=O. The van der Waals surface area contributed by atoms with Crippen molar-refractivity contribution in [3.05, 3.63) is 75.7 Å². The van der Waals surface area contributed by atoms with Gasteiger partial charge in [0.2, 0.25) is 0 Å². The first-order chi connectivity index (χ1) is 15.6. The Labute approximate surface area is 187 Å². The number of rotatable bonds is 7. The zero-order valence-corrected chi connectivity index (χ0v) is 18.4. The summed E-state index contributed by atoms with van der Waals surface area (Å²) >= 11 is 0. The maximum atomic E-state index is 12.8. The molecule has 0 bridgehead atoms. The van der Waals surface area contributed by atoms with Crippen LogP contribution in [0.1, 0.15) is 77.8 Å². The number of aromatic nitrogens is 2. The summed E-state index contributed by atoms with van der Waals surface area (Å²) in [6.07, 6.45) is 6.93. The molecule has 1 aliphatic rings. The standard InChI is InChI=1S/C26H28N2O4/c1-2-16-28-25(30)22-11-7-6-10-21(22)24(27-28)26(31)32-17-23(29)20-14-12-19(13-15-20)18-8-4-3-5-9-18/h6-7,10-15,18H,2-5,8-9,16-17H2,1H3. The van der Waals surface area contributed by atoms with E-state index in [9.17, 15) is 14.4 Å². The maximum absolute atomic E-state index is 12.8. The predicted molar refractivity (Wildman–Crippen MR) is 123 cm³/mol. The fourth-order valence-corrected chi connectivity index (χ4v) is 4.41. The van der Waals surface area contributed by atoms with Crippen molar-refractivity contribution in [3.63, 3.8) is 0 Å². The first-order valence-electron chi connectivity index (χ1n) is 11.4. The molecule has 3 aromatic rings. The monoisotopic (exact) mass is 432 g/mol. The number of ketones is 1. The molecule has 0 radical (unpaired) electrons. The molecule has 1 fully saturated rings. The van der Waals surface area contributed by atoms with Crippen LogP contribution in [0.15, 0.2) is 53.3 Å². The lowest BCUT2D eigenvalue weighted by Crippen LogP contribution is -2.27. The van der Waals surface area contributed by atoms with Crippen molar-refractivity contribution in [2.75, 3.05) is 6.61 Å². The predicted octanol–water partition coefficient (Wildman–Crippen LogP) is 4.89. The molecule has 6 nitrogen and oxygen atoms in total. The summed E-state index contributed by atoms with van der Waals surface area (Å²) in [5.74, 6) is -0.401.